The highest BCUT2D eigenvalue weighted by Crippen LogP contribution is 2.37. The Hall–Kier alpha value is -3.14. The second-order valence-electron chi connectivity index (χ2n) is 7.75. The first-order valence-electron chi connectivity index (χ1n) is 10.1. The van der Waals surface area contributed by atoms with Crippen molar-refractivity contribution in [2.24, 2.45) is 0 Å². The van der Waals surface area contributed by atoms with Crippen LogP contribution in [0.15, 0.2) is 60.8 Å². The lowest BCUT2D eigenvalue weighted by molar-refractivity contribution is -0.121. The summed E-state index contributed by atoms with van der Waals surface area (Å²) in [5.74, 6) is 0.952. The van der Waals surface area contributed by atoms with Gasteiger partial charge in [-0.05, 0) is 49.1 Å². The molecule has 148 valence electrons. The number of ether oxygens (including phenoxy) is 1. The summed E-state index contributed by atoms with van der Waals surface area (Å²) in [6.07, 6.45) is 3.87. The molecule has 0 saturated heterocycles. The summed E-state index contributed by atoms with van der Waals surface area (Å²) in [6, 6.07) is 18.6. The Morgan fingerprint density at radius 1 is 1.07 bits per heavy atom. The number of para-hydroxylation sites is 1. The van der Waals surface area contributed by atoms with Gasteiger partial charge in [-0.2, -0.15) is 0 Å². The maximum Gasteiger partial charge on any atom is 0.220 e. The Labute approximate surface area is 172 Å². The minimum Gasteiger partial charge on any atom is -0.487 e. The van der Waals surface area contributed by atoms with Crippen molar-refractivity contribution in [3.63, 3.8) is 0 Å². The summed E-state index contributed by atoms with van der Waals surface area (Å²) in [5.41, 5.74) is 6.64. The molecule has 2 heterocycles. The van der Waals surface area contributed by atoms with E-state index >= 15 is 0 Å². The molecule has 0 bridgehead atoms. The fourth-order valence-electron chi connectivity index (χ4n) is 3.61. The molecule has 1 aromatic heterocycles. The average molecular weight is 386 g/mol. The van der Waals surface area contributed by atoms with E-state index in [2.05, 4.69) is 53.6 Å². The molecule has 0 fully saturated rings. The second kappa shape index (κ2) is 8.48. The van der Waals surface area contributed by atoms with Crippen LogP contribution >= 0.6 is 0 Å². The van der Waals surface area contributed by atoms with Crippen LogP contribution < -0.4 is 10.1 Å². The number of fused-ring (bicyclic) bond motifs is 1. The summed E-state index contributed by atoms with van der Waals surface area (Å²) < 4.78 is 6.19. The van der Waals surface area contributed by atoms with E-state index in [-0.39, 0.29) is 12.0 Å². The van der Waals surface area contributed by atoms with Gasteiger partial charge in [-0.15, -0.1) is 0 Å². The summed E-state index contributed by atoms with van der Waals surface area (Å²) in [5, 5.41) is 3.03. The number of benzene rings is 2. The summed E-state index contributed by atoms with van der Waals surface area (Å²) in [4.78, 5) is 16.8. The lowest BCUT2D eigenvalue weighted by atomic mass is 10.0. The van der Waals surface area contributed by atoms with E-state index in [1.165, 1.54) is 16.7 Å². The van der Waals surface area contributed by atoms with Crippen LogP contribution in [0.25, 0.3) is 11.3 Å². The molecular weight excluding hydrogens is 360 g/mol. The molecule has 29 heavy (non-hydrogen) atoms. The summed E-state index contributed by atoms with van der Waals surface area (Å²) in [7, 11) is 0. The van der Waals surface area contributed by atoms with Gasteiger partial charge in [0.15, 0.2) is 0 Å². The van der Waals surface area contributed by atoms with Gasteiger partial charge in [0.05, 0.1) is 12.2 Å². The first-order valence-corrected chi connectivity index (χ1v) is 10.1. The van der Waals surface area contributed by atoms with Crippen molar-refractivity contribution < 1.29 is 9.53 Å². The molecule has 0 spiro atoms. The number of hydrogen-bond donors (Lipinski definition) is 1. The van der Waals surface area contributed by atoms with Gasteiger partial charge in [-0.25, -0.2) is 0 Å². The fraction of sp³-hybridized carbons (Fsp3) is 0.280. The minimum atomic E-state index is -0.0417. The highest BCUT2D eigenvalue weighted by Gasteiger charge is 2.26. The summed E-state index contributed by atoms with van der Waals surface area (Å²) >= 11 is 0. The molecule has 0 radical (unpaired) electrons. The number of nitrogens with one attached hydrogen (secondary N) is 1. The molecule has 1 atom stereocenters. The first kappa shape index (κ1) is 19.2. The highest BCUT2D eigenvalue weighted by molar-refractivity contribution is 5.76. The molecule has 4 nitrogen and oxygen atoms in total. The molecule has 1 amide bonds. The molecule has 2 aromatic carbocycles. The Kier molecular flexibility index (Phi) is 5.61. The maximum atomic E-state index is 12.3. The van der Waals surface area contributed by atoms with E-state index in [4.69, 9.17) is 4.74 Å². The Balaban J connectivity index is 1.33. The van der Waals surface area contributed by atoms with E-state index in [1.807, 2.05) is 31.3 Å². The van der Waals surface area contributed by atoms with Gasteiger partial charge in [0.1, 0.15) is 11.9 Å². The van der Waals surface area contributed by atoms with Crippen LogP contribution in [0, 0.1) is 13.8 Å². The summed E-state index contributed by atoms with van der Waals surface area (Å²) in [6.45, 7) is 4.61. The van der Waals surface area contributed by atoms with Crippen LogP contribution in [0.2, 0.25) is 0 Å². The van der Waals surface area contributed by atoms with Crippen molar-refractivity contribution in [1.29, 1.82) is 0 Å². The lowest BCUT2D eigenvalue weighted by Crippen LogP contribution is -2.34. The number of aryl methyl sites for hydroxylation is 3. The van der Waals surface area contributed by atoms with Crippen molar-refractivity contribution in [3.05, 3.63) is 83.0 Å². The molecule has 0 saturated carbocycles. The monoisotopic (exact) mass is 386 g/mol. The number of pyridine rings is 1. The van der Waals surface area contributed by atoms with Gasteiger partial charge in [-0.1, -0.05) is 48.0 Å². The van der Waals surface area contributed by atoms with Gasteiger partial charge in [0.2, 0.25) is 5.91 Å². The smallest absolute Gasteiger partial charge is 0.220 e. The minimum absolute atomic E-state index is 0.0417. The van der Waals surface area contributed by atoms with E-state index in [0.29, 0.717) is 13.0 Å². The number of amides is 1. The number of rotatable bonds is 6. The third-order valence-corrected chi connectivity index (χ3v) is 5.30. The van der Waals surface area contributed by atoms with Crippen LogP contribution in [-0.2, 0) is 17.6 Å². The number of nitrogens with zero attached hydrogens (tertiary/aromatic N) is 1. The fourth-order valence-corrected chi connectivity index (χ4v) is 3.61. The third-order valence-electron chi connectivity index (χ3n) is 5.30. The topological polar surface area (TPSA) is 51.2 Å². The molecular formula is C25H26N2O2. The van der Waals surface area contributed by atoms with Crippen molar-refractivity contribution in [3.8, 4) is 17.0 Å². The molecule has 0 unspecified atom stereocenters. The van der Waals surface area contributed by atoms with Crippen LogP contribution in [0.5, 0.6) is 5.75 Å². The van der Waals surface area contributed by atoms with E-state index in [1.54, 1.807) is 0 Å². The van der Waals surface area contributed by atoms with Crippen molar-refractivity contribution in [2.45, 2.75) is 39.2 Å². The zero-order valence-corrected chi connectivity index (χ0v) is 16.9. The number of hydrogen-bond acceptors (Lipinski definition) is 3. The lowest BCUT2D eigenvalue weighted by Gasteiger charge is -2.13. The van der Waals surface area contributed by atoms with E-state index < -0.39 is 0 Å². The normalized spacial score (nSPS) is 14.9. The van der Waals surface area contributed by atoms with Gasteiger partial charge >= 0.3 is 0 Å². The number of carbonyl (C=O) groups is 1. The molecule has 1 aliphatic rings. The highest BCUT2D eigenvalue weighted by atomic mass is 16.5. The maximum absolute atomic E-state index is 12.3. The largest absolute Gasteiger partial charge is 0.487 e. The van der Waals surface area contributed by atoms with Crippen LogP contribution in [0.3, 0.4) is 0 Å². The molecule has 4 rings (SSSR count). The van der Waals surface area contributed by atoms with E-state index in [0.717, 1.165) is 35.4 Å². The van der Waals surface area contributed by atoms with Gasteiger partial charge in [0.25, 0.3) is 0 Å². The molecule has 4 heteroatoms. The SMILES string of the molecule is Cc1ccc(CCC(=O)NC[C@H]2Cc3cccc(-c4ccc(C)cn4)c3O2)cc1. The standard InChI is InChI=1S/C25H26N2O2/c1-17-6-9-19(10-7-17)11-13-24(28)27-16-21-14-20-4-3-5-22(25(20)29-21)23-12-8-18(2)15-26-23/h3-10,12,15,21H,11,13-14,16H2,1-2H3,(H,27,28)/t21-/m1/s1. The predicted octanol–water partition coefficient (Wildman–Crippen LogP) is 4.42. The molecule has 0 aliphatic carbocycles. The zero-order valence-electron chi connectivity index (χ0n) is 16.9. The van der Waals surface area contributed by atoms with Crippen molar-refractivity contribution in [1.82, 2.24) is 10.3 Å². The van der Waals surface area contributed by atoms with Crippen LogP contribution in [0.4, 0.5) is 0 Å². The van der Waals surface area contributed by atoms with Crippen LogP contribution in [0.1, 0.15) is 28.7 Å². The molecule has 1 aliphatic heterocycles. The number of aromatic nitrogens is 1. The van der Waals surface area contributed by atoms with Gasteiger partial charge < -0.3 is 10.1 Å². The van der Waals surface area contributed by atoms with Gasteiger partial charge in [-0.3, -0.25) is 9.78 Å². The quantitative estimate of drug-likeness (QED) is 0.682. The first-order chi connectivity index (χ1) is 14.1. The third kappa shape index (κ3) is 4.65. The average Bonchev–Trinajstić information content (AvgIpc) is 3.16. The Morgan fingerprint density at radius 2 is 1.86 bits per heavy atom. The van der Waals surface area contributed by atoms with E-state index in [9.17, 15) is 4.79 Å². The molecule has 3 aromatic rings. The van der Waals surface area contributed by atoms with Gasteiger partial charge in [0, 0.05) is 24.6 Å². The number of carbonyl (C=O) groups excluding carboxylic acids is 1. The van der Waals surface area contributed by atoms with Crippen LogP contribution in [-0.4, -0.2) is 23.5 Å². The van der Waals surface area contributed by atoms with Crippen molar-refractivity contribution >= 4 is 5.91 Å². The Bertz CT molecular complexity index is 994. The Morgan fingerprint density at radius 3 is 2.62 bits per heavy atom. The van der Waals surface area contributed by atoms with Crippen molar-refractivity contribution in [2.75, 3.05) is 6.54 Å². The zero-order chi connectivity index (χ0) is 20.2. The predicted molar refractivity (Wildman–Crippen MR) is 115 cm³/mol. The molecule has 1 N–H and O–H groups in total. The second-order valence-corrected chi connectivity index (χ2v) is 7.75.